The van der Waals surface area contributed by atoms with E-state index in [2.05, 4.69) is 5.32 Å². The summed E-state index contributed by atoms with van der Waals surface area (Å²) in [7, 11) is 0. The van der Waals surface area contributed by atoms with Gasteiger partial charge < -0.3 is 10.4 Å². The fraction of sp³-hybridized carbons (Fsp3) is 0.857. The molecule has 0 aromatic heterocycles. The Labute approximate surface area is 60.4 Å². The van der Waals surface area contributed by atoms with Crippen LogP contribution in [0.1, 0.15) is 19.8 Å². The number of aliphatic hydroxyl groups is 1. The Bertz CT molecular complexity index is 128. The molecule has 0 aromatic carbocycles. The zero-order chi connectivity index (χ0) is 7.56. The zero-order valence-electron chi connectivity index (χ0n) is 6.13. The molecule has 3 heteroatoms. The minimum atomic E-state index is -0.254. The van der Waals surface area contributed by atoms with Crippen molar-refractivity contribution in [1.82, 2.24) is 5.32 Å². The molecule has 1 aliphatic heterocycles. The van der Waals surface area contributed by atoms with Crippen LogP contribution >= 0.6 is 0 Å². The van der Waals surface area contributed by atoms with Crippen LogP contribution in [0.5, 0.6) is 0 Å². The third-order valence-corrected chi connectivity index (χ3v) is 1.88. The normalized spacial score (nSPS) is 33.8. The van der Waals surface area contributed by atoms with Gasteiger partial charge in [0.25, 0.3) is 0 Å². The van der Waals surface area contributed by atoms with Crippen LogP contribution in [-0.2, 0) is 4.79 Å². The lowest BCUT2D eigenvalue weighted by molar-refractivity contribution is -0.119. The van der Waals surface area contributed by atoms with Crippen molar-refractivity contribution in [3.05, 3.63) is 0 Å². The number of carbonyl (C=O) groups is 1. The quantitative estimate of drug-likeness (QED) is 0.529. The summed E-state index contributed by atoms with van der Waals surface area (Å²) in [6, 6.07) is -0.0107. The van der Waals surface area contributed by atoms with Crippen molar-refractivity contribution in [2.24, 2.45) is 0 Å². The maximum atomic E-state index is 10.8. The second-order valence-electron chi connectivity index (χ2n) is 2.80. The van der Waals surface area contributed by atoms with Gasteiger partial charge in [-0.1, -0.05) is 0 Å². The first-order valence-corrected chi connectivity index (χ1v) is 3.62. The molecule has 10 heavy (non-hydrogen) atoms. The summed E-state index contributed by atoms with van der Waals surface area (Å²) in [6.07, 6.45) is 1.27. The van der Waals surface area contributed by atoms with E-state index in [1.165, 1.54) is 0 Å². The molecule has 2 N–H and O–H groups in total. The van der Waals surface area contributed by atoms with Crippen LogP contribution in [0.3, 0.4) is 0 Å². The summed E-state index contributed by atoms with van der Waals surface area (Å²) in [5.41, 5.74) is 0. The average Bonchev–Trinajstić information content (AvgIpc) is 1.88. The molecule has 1 saturated heterocycles. The van der Waals surface area contributed by atoms with Crippen LogP contribution in [-0.4, -0.2) is 29.6 Å². The van der Waals surface area contributed by atoms with Crippen molar-refractivity contribution in [2.75, 3.05) is 6.54 Å². The molecule has 0 aromatic rings. The summed E-state index contributed by atoms with van der Waals surface area (Å²) in [4.78, 5) is 10.8. The molecule has 0 spiro atoms. The fourth-order valence-corrected chi connectivity index (χ4v) is 1.19. The van der Waals surface area contributed by atoms with Crippen molar-refractivity contribution in [2.45, 2.75) is 31.9 Å². The van der Waals surface area contributed by atoms with Gasteiger partial charge in [0.2, 0.25) is 0 Å². The minimum Gasteiger partial charge on any atom is -0.392 e. The van der Waals surface area contributed by atoms with Gasteiger partial charge in [-0.25, -0.2) is 0 Å². The molecule has 1 fully saturated rings. The largest absolute Gasteiger partial charge is 0.392 e. The van der Waals surface area contributed by atoms with Crippen molar-refractivity contribution in [1.29, 1.82) is 0 Å². The molecule has 0 bridgehead atoms. The first-order chi connectivity index (χ1) is 4.70. The highest BCUT2D eigenvalue weighted by molar-refractivity contribution is 5.81. The molecule has 0 amide bonds. The molecule has 3 nitrogen and oxygen atoms in total. The number of ketones is 1. The van der Waals surface area contributed by atoms with Gasteiger partial charge in [-0.3, -0.25) is 4.79 Å². The summed E-state index contributed by atoms with van der Waals surface area (Å²) in [5, 5.41) is 12.0. The summed E-state index contributed by atoms with van der Waals surface area (Å²) in [5.74, 6) is 0.173. The Balaban J connectivity index is 2.33. The molecule has 1 heterocycles. The number of hydrogen-bond acceptors (Lipinski definition) is 3. The van der Waals surface area contributed by atoms with Gasteiger partial charge in [-0.05, 0) is 19.8 Å². The molecule has 0 aliphatic carbocycles. The predicted octanol–water partition coefficient (Wildman–Crippen LogP) is -0.312. The zero-order valence-corrected chi connectivity index (χ0v) is 6.13. The smallest absolute Gasteiger partial charge is 0.146 e. The Morgan fingerprint density at radius 3 is 2.70 bits per heavy atom. The van der Waals surface area contributed by atoms with Crippen molar-refractivity contribution < 1.29 is 9.90 Å². The van der Waals surface area contributed by atoms with Gasteiger partial charge in [0, 0.05) is 6.54 Å². The SMILES string of the molecule is CC(=O)[C@@H]1CC[C@H](O)CN1. The standard InChI is InChI=1S/C7H13NO2/c1-5(9)7-3-2-6(10)4-8-7/h6-8,10H,2-4H2,1H3/t6-,7-/m0/s1. The number of aliphatic hydroxyl groups excluding tert-OH is 1. The number of carbonyl (C=O) groups excluding carboxylic acids is 1. The van der Waals surface area contributed by atoms with E-state index in [0.29, 0.717) is 6.54 Å². The Hall–Kier alpha value is -0.410. The molecule has 1 aliphatic rings. The Morgan fingerprint density at radius 2 is 2.30 bits per heavy atom. The van der Waals surface area contributed by atoms with E-state index in [4.69, 9.17) is 5.11 Å². The van der Waals surface area contributed by atoms with Crippen LogP contribution in [0.15, 0.2) is 0 Å². The van der Waals surface area contributed by atoms with Crippen LogP contribution in [0, 0.1) is 0 Å². The van der Waals surface area contributed by atoms with E-state index in [0.717, 1.165) is 12.8 Å². The molecule has 1 rings (SSSR count). The van der Waals surface area contributed by atoms with Crippen molar-refractivity contribution in [3.63, 3.8) is 0 Å². The second-order valence-corrected chi connectivity index (χ2v) is 2.80. The summed E-state index contributed by atoms with van der Waals surface area (Å²) < 4.78 is 0. The Morgan fingerprint density at radius 1 is 1.60 bits per heavy atom. The highest BCUT2D eigenvalue weighted by Crippen LogP contribution is 2.07. The first-order valence-electron chi connectivity index (χ1n) is 3.62. The van der Waals surface area contributed by atoms with Crippen LogP contribution in [0.2, 0.25) is 0 Å². The minimum absolute atomic E-state index is 0.0107. The molecule has 0 unspecified atom stereocenters. The van der Waals surface area contributed by atoms with Crippen LogP contribution in [0.25, 0.3) is 0 Å². The van der Waals surface area contributed by atoms with Gasteiger partial charge in [0.1, 0.15) is 5.78 Å². The Kier molecular flexibility index (Phi) is 2.40. The molecule has 2 atom stereocenters. The van der Waals surface area contributed by atoms with Crippen LogP contribution < -0.4 is 5.32 Å². The summed E-state index contributed by atoms with van der Waals surface area (Å²) in [6.45, 7) is 2.14. The van der Waals surface area contributed by atoms with Gasteiger partial charge in [0.15, 0.2) is 0 Å². The highest BCUT2D eigenvalue weighted by Gasteiger charge is 2.20. The second kappa shape index (κ2) is 3.12. The van der Waals surface area contributed by atoms with Crippen molar-refractivity contribution >= 4 is 5.78 Å². The van der Waals surface area contributed by atoms with Gasteiger partial charge in [0.05, 0.1) is 12.1 Å². The van der Waals surface area contributed by atoms with E-state index >= 15 is 0 Å². The average molecular weight is 143 g/mol. The van der Waals surface area contributed by atoms with Gasteiger partial charge in [-0.15, -0.1) is 0 Å². The van der Waals surface area contributed by atoms with Crippen LogP contribution in [0.4, 0.5) is 0 Å². The highest BCUT2D eigenvalue weighted by atomic mass is 16.3. The maximum Gasteiger partial charge on any atom is 0.146 e. The lowest BCUT2D eigenvalue weighted by Crippen LogP contribution is -2.45. The monoisotopic (exact) mass is 143 g/mol. The topological polar surface area (TPSA) is 49.3 Å². The molecule has 58 valence electrons. The predicted molar refractivity (Wildman–Crippen MR) is 37.7 cm³/mol. The van der Waals surface area contributed by atoms with E-state index in [1.807, 2.05) is 0 Å². The van der Waals surface area contributed by atoms with E-state index in [-0.39, 0.29) is 17.9 Å². The van der Waals surface area contributed by atoms with Gasteiger partial charge in [-0.2, -0.15) is 0 Å². The number of nitrogens with one attached hydrogen (secondary N) is 1. The van der Waals surface area contributed by atoms with E-state index < -0.39 is 0 Å². The summed E-state index contributed by atoms with van der Waals surface area (Å²) >= 11 is 0. The number of hydrogen-bond donors (Lipinski definition) is 2. The third kappa shape index (κ3) is 1.78. The third-order valence-electron chi connectivity index (χ3n) is 1.88. The van der Waals surface area contributed by atoms with Crippen molar-refractivity contribution in [3.8, 4) is 0 Å². The lowest BCUT2D eigenvalue weighted by Gasteiger charge is -2.24. The molecular formula is C7H13NO2. The number of Topliss-reactive ketones (excluding diaryl/α,β-unsaturated/α-hetero) is 1. The molecule has 0 saturated carbocycles. The lowest BCUT2D eigenvalue weighted by atomic mass is 10.0. The molecular weight excluding hydrogens is 130 g/mol. The number of piperidine rings is 1. The van der Waals surface area contributed by atoms with Gasteiger partial charge >= 0.3 is 0 Å². The van der Waals surface area contributed by atoms with E-state index in [9.17, 15) is 4.79 Å². The molecule has 0 radical (unpaired) electrons. The first kappa shape index (κ1) is 7.69. The number of β-amino-alcohol motifs (C(OH)–C–C–N with tert-alkyl or cyclic N) is 1. The van der Waals surface area contributed by atoms with E-state index in [1.54, 1.807) is 6.92 Å². The fourth-order valence-electron chi connectivity index (χ4n) is 1.19. The number of rotatable bonds is 1. The maximum absolute atomic E-state index is 10.8.